The van der Waals surface area contributed by atoms with Crippen LogP contribution in [0.15, 0.2) is 24.3 Å². The zero-order valence-electron chi connectivity index (χ0n) is 10.9. The molecular weight excluding hydrogens is 228 g/mol. The van der Waals surface area contributed by atoms with Gasteiger partial charge in [-0.2, -0.15) is 0 Å². The third-order valence-corrected chi connectivity index (χ3v) is 3.01. The minimum absolute atomic E-state index is 0.0586. The maximum absolute atomic E-state index is 10.9. The molecule has 1 N–H and O–H groups in total. The van der Waals surface area contributed by atoms with Crippen LogP contribution in [-0.4, -0.2) is 43.7 Å². The third-order valence-electron chi connectivity index (χ3n) is 3.01. The van der Waals surface area contributed by atoms with Gasteiger partial charge >= 0.3 is 0 Å². The second kappa shape index (κ2) is 7.61. The molecule has 1 atom stereocenters. The van der Waals surface area contributed by atoms with Gasteiger partial charge in [0.2, 0.25) is 0 Å². The van der Waals surface area contributed by atoms with Crippen LogP contribution < -0.4 is 5.32 Å². The molecule has 1 unspecified atom stereocenters. The van der Waals surface area contributed by atoms with Crippen molar-refractivity contribution in [2.24, 2.45) is 0 Å². The number of hydrogen-bond donors (Lipinski definition) is 1. The van der Waals surface area contributed by atoms with Gasteiger partial charge in [-0.15, -0.1) is 0 Å². The Hall–Kier alpha value is -1.68. The number of anilines is 1. The lowest BCUT2D eigenvalue weighted by Gasteiger charge is -2.21. The molecule has 0 aromatic heterocycles. The van der Waals surface area contributed by atoms with Gasteiger partial charge in [-0.1, -0.05) is 19.1 Å². The van der Waals surface area contributed by atoms with Crippen molar-refractivity contribution >= 4 is 18.3 Å². The lowest BCUT2D eigenvalue weighted by atomic mass is 10.2. The summed E-state index contributed by atoms with van der Waals surface area (Å²) in [4.78, 5) is 23.6. The Bertz CT molecular complexity index is 393. The number of nitrogens with one attached hydrogen (secondary N) is 1. The fourth-order valence-corrected chi connectivity index (χ4v) is 1.71. The SMILES string of the molecule is CCN(C)C(C=O)CCNc1cccc(C=O)c1. The molecule has 4 nitrogen and oxygen atoms in total. The Morgan fingerprint density at radius 1 is 1.39 bits per heavy atom. The van der Waals surface area contributed by atoms with Gasteiger partial charge in [0.1, 0.15) is 12.6 Å². The molecule has 0 heterocycles. The van der Waals surface area contributed by atoms with Crippen molar-refractivity contribution < 1.29 is 9.59 Å². The van der Waals surface area contributed by atoms with Crippen LogP contribution in [0.2, 0.25) is 0 Å². The van der Waals surface area contributed by atoms with Gasteiger partial charge in [-0.3, -0.25) is 9.69 Å². The van der Waals surface area contributed by atoms with Gasteiger partial charge in [0.05, 0.1) is 6.04 Å². The van der Waals surface area contributed by atoms with E-state index in [-0.39, 0.29) is 6.04 Å². The summed E-state index contributed by atoms with van der Waals surface area (Å²) in [5, 5.41) is 3.22. The van der Waals surface area contributed by atoms with E-state index in [4.69, 9.17) is 0 Å². The highest BCUT2D eigenvalue weighted by Crippen LogP contribution is 2.09. The quantitative estimate of drug-likeness (QED) is 0.713. The average Bonchev–Trinajstić information content (AvgIpc) is 2.43. The molecule has 0 aliphatic carbocycles. The largest absolute Gasteiger partial charge is 0.385 e. The van der Waals surface area contributed by atoms with Crippen molar-refractivity contribution in [3.63, 3.8) is 0 Å². The van der Waals surface area contributed by atoms with E-state index in [0.29, 0.717) is 12.1 Å². The molecule has 0 bridgehead atoms. The standard InChI is InChI=1S/C14H20N2O2/c1-3-16(2)14(11-18)7-8-15-13-6-4-5-12(9-13)10-17/h4-6,9-11,14-15H,3,7-8H2,1-2H3. The molecule has 0 fully saturated rings. The highest BCUT2D eigenvalue weighted by atomic mass is 16.1. The van der Waals surface area contributed by atoms with Crippen molar-refractivity contribution in [2.75, 3.05) is 25.5 Å². The monoisotopic (exact) mass is 248 g/mol. The van der Waals surface area contributed by atoms with E-state index in [9.17, 15) is 9.59 Å². The van der Waals surface area contributed by atoms with Gasteiger partial charge in [0.15, 0.2) is 0 Å². The first kappa shape index (κ1) is 14.4. The van der Waals surface area contributed by atoms with Gasteiger partial charge in [-0.05, 0) is 32.1 Å². The Balaban J connectivity index is 2.44. The fourth-order valence-electron chi connectivity index (χ4n) is 1.71. The molecule has 4 heteroatoms. The molecular formula is C14H20N2O2. The molecule has 1 aromatic rings. The number of carbonyl (C=O) groups is 2. The van der Waals surface area contributed by atoms with Gasteiger partial charge < -0.3 is 10.1 Å². The molecule has 98 valence electrons. The minimum atomic E-state index is -0.0586. The Morgan fingerprint density at radius 3 is 2.78 bits per heavy atom. The van der Waals surface area contributed by atoms with E-state index in [2.05, 4.69) is 5.32 Å². The van der Waals surface area contributed by atoms with Crippen LogP contribution in [0, 0.1) is 0 Å². The number of likely N-dealkylation sites (N-methyl/N-ethyl adjacent to an activating group) is 1. The average molecular weight is 248 g/mol. The Kier molecular flexibility index (Phi) is 6.08. The zero-order chi connectivity index (χ0) is 13.4. The highest BCUT2D eigenvalue weighted by Gasteiger charge is 2.11. The highest BCUT2D eigenvalue weighted by molar-refractivity contribution is 5.76. The number of aldehydes is 2. The van der Waals surface area contributed by atoms with Crippen LogP contribution in [-0.2, 0) is 4.79 Å². The van der Waals surface area contributed by atoms with Crippen LogP contribution in [0.4, 0.5) is 5.69 Å². The summed E-state index contributed by atoms with van der Waals surface area (Å²) in [5.41, 5.74) is 1.56. The molecule has 0 radical (unpaired) electrons. The predicted molar refractivity (Wildman–Crippen MR) is 73.1 cm³/mol. The summed E-state index contributed by atoms with van der Waals surface area (Å²) in [6, 6.07) is 7.24. The van der Waals surface area contributed by atoms with E-state index in [1.807, 2.05) is 31.0 Å². The van der Waals surface area contributed by atoms with Crippen LogP contribution in [0.5, 0.6) is 0 Å². The van der Waals surface area contributed by atoms with E-state index in [0.717, 1.165) is 31.2 Å². The first-order valence-corrected chi connectivity index (χ1v) is 6.16. The van der Waals surface area contributed by atoms with Crippen LogP contribution >= 0.6 is 0 Å². The van der Waals surface area contributed by atoms with Crippen LogP contribution in [0.1, 0.15) is 23.7 Å². The van der Waals surface area contributed by atoms with E-state index < -0.39 is 0 Å². The van der Waals surface area contributed by atoms with Gasteiger partial charge in [0, 0.05) is 17.8 Å². The molecule has 0 spiro atoms. The van der Waals surface area contributed by atoms with Gasteiger partial charge in [0.25, 0.3) is 0 Å². The third kappa shape index (κ3) is 4.30. The lowest BCUT2D eigenvalue weighted by molar-refractivity contribution is -0.112. The first-order valence-electron chi connectivity index (χ1n) is 6.16. The number of nitrogens with zero attached hydrogens (tertiary/aromatic N) is 1. The Morgan fingerprint density at radius 2 is 2.17 bits per heavy atom. The number of hydrogen-bond acceptors (Lipinski definition) is 4. The topological polar surface area (TPSA) is 49.4 Å². The number of carbonyl (C=O) groups excluding carboxylic acids is 2. The van der Waals surface area contributed by atoms with Crippen molar-refractivity contribution in [1.82, 2.24) is 4.90 Å². The van der Waals surface area contributed by atoms with Crippen molar-refractivity contribution in [2.45, 2.75) is 19.4 Å². The normalized spacial score (nSPS) is 12.2. The maximum atomic E-state index is 10.9. The summed E-state index contributed by atoms with van der Waals surface area (Å²) in [5.74, 6) is 0. The summed E-state index contributed by atoms with van der Waals surface area (Å²) in [6.07, 6.45) is 2.55. The van der Waals surface area contributed by atoms with Crippen LogP contribution in [0.25, 0.3) is 0 Å². The second-order valence-corrected chi connectivity index (χ2v) is 4.24. The van der Waals surface area contributed by atoms with Crippen molar-refractivity contribution in [3.8, 4) is 0 Å². The molecule has 0 saturated carbocycles. The second-order valence-electron chi connectivity index (χ2n) is 4.24. The molecule has 0 amide bonds. The van der Waals surface area contributed by atoms with Gasteiger partial charge in [-0.25, -0.2) is 0 Å². The summed E-state index contributed by atoms with van der Waals surface area (Å²) in [7, 11) is 1.94. The summed E-state index contributed by atoms with van der Waals surface area (Å²) < 4.78 is 0. The fraction of sp³-hybridized carbons (Fsp3) is 0.429. The van der Waals surface area contributed by atoms with E-state index >= 15 is 0 Å². The minimum Gasteiger partial charge on any atom is -0.385 e. The van der Waals surface area contributed by atoms with E-state index in [1.54, 1.807) is 12.1 Å². The lowest BCUT2D eigenvalue weighted by Crippen LogP contribution is -2.34. The molecule has 0 aliphatic heterocycles. The Labute approximate surface area is 108 Å². The number of benzene rings is 1. The predicted octanol–water partition coefficient (Wildman–Crippen LogP) is 1.82. The summed E-state index contributed by atoms with van der Waals surface area (Å²) in [6.45, 7) is 3.58. The first-order chi connectivity index (χ1) is 8.71. The number of rotatable bonds is 8. The van der Waals surface area contributed by atoms with Crippen LogP contribution in [0.3, 0.4) is 0 Å². The molecule has 0 saturated heterocycles. The molecule has 0 aliphatic rings. The maximum Gasteiger partial charge on any atom is 0.150 e. The molecule has 1 aromatic carbocycles. The van der Waals surface area contributed by atoms with Crippen molar-refractivity contribution in [3.05, 3.63) is 29.8 Å². The molecule has 1 rings (SSSR count). The summed E-state index contributed by atoms with van der Waals surface area (Å²) >= 11 is 0. The van der Waals surface area contributed by atoms with E-state index in [1.165, 1.54) is 0 Å². The van der Waals surface area contributed by atoms with Crippen molar-refractivity contribution in [1.29, 1.82) is 0 Å². The zero-order valence-corrected chi connectivity index (χ0v) is 10.9. The molecule has 18 heavy (non-hydrogen) atoms. The smallest absolute Gasteiger partial charge is 0.150 e.